The molecule has 16 heavy (non-hydrogen) atoms. The first-order chi connectivity index (χ1) is 7.74. The molecule has 0 fully saturated rings. The third kappa shape index (κ3) is 4.64. The molecule has 0 aromatic heterocycles. The second kappa shape index (κ2) is 7.25. The van der Waals surface area contributed by atoms with Gasteiger partial charge in [0.1, 0.15) is 12.4 Å². The molecular weight excluding hydrogens is 202 g/mol. The molecule has 0 unspecified atom stereocenters. The summed E-state index contributed by atoms with van der Waals surface area (Å²) < 4.78 is 11.0. The number of nitrogens with two attached hydrogens (primary N) is 1. The molecule has 0 amide bonds. The summed E-state index contributed by atoms with van der Waals surface area (Å²) in [6.07, 6.45) is 0.906. The van der Waals surface area contributed by atoms with E-state index in [0.29, 0.717) is 26.4 Å². The first-order valence-electron chi connectivity index (χ1n) is 5.72. The number of aryl methyl sites for hydroxylation is 2. The maximum absolute atomic E-state index is 5.64. The van der Waals surface area contributed by atoms with Crippen LogP contribution in [0.2, 0.25) is 0 Å². The van der Waals surface area contributed by atoms with Gasteiger partial charge in [-0.3, -0.25) is 0 Å². The zero-order valence-corrected chi connectivity index (χ0v) is 10.2. The summed E-state index contributed by atoms with van der Waals surface area (Å²) in [5, 5.41) is 0. The van der Waals surface area contributed by atoms with E-state index in [1.54, 1.807) is 0 Å². The second-order valence-corrected chi connectivity index (χ2v) is 3.87. The lowest BCUT2D eigenvalue weighted by Gasteiger charge is -2.10. The monoisotopic (exact) mass is 223 g/mol. The third-order valence-electron chi connectivity index (χ3n) is 2.32. The van der Waals surface area contributed by atoms with Gasteiger partial charge in [0.15, 0.2) is 0 Å². The zero-order chi connectivity index (χ0) is 11.8. The fourth-order valence-electron chi connectivity index (χ4n) is 1.36. The van der Waals surface area contributed by atoms with Crippen LogP contribution in [0.5, 0.6) is 5.75 Å². The highest BCUT2D eigenvalue weighted by Crippen LogP contribution is 2.18. The van der Waals surface area contributed by atoms with E-state index in [-0.39, 0.29) is 0 Å². The Morgan fingerprint density at radius 3 is 2.69 bits per heavy atom. The number of hydrogen-bond acceptors (Lipinski definition) is 3. The molecule has 1 aromatic carbocycles. The molecule has 0 saturated carbocycles. The highest BCUT2D eigenvalue weighted by atomic mass is 16.5. The van der Waals surface area contributed by atoms with E-state index in [0.717, 1.165) is 17.7 Å². The van der Waals surface area contributed by atoms with Gasteiger partial charge in [-0.15, -0.1) is 0 Å². The molecule has 1 rings (SSSR count). The summed E-state index contributed by atoms with van der Waals surface area (Å²) in [7, 11) is 0. The summed E-state index contributed by atoms with van der Waals surface area (Å²) in [4.78, 5) is 0. The molecule has 3 heteroatoms. The molecule has 0 radical (unpaired) electrons. The Hall–Kier alpha value is -1.06. The number of rotatable bonds is 7. The fraction of sp³-hybridized carbons (Fsp3) is 0.538. The van der Waals surface area contributed by atoms with Crippen molar-refractivity contribution in [2.75, 3.05) is 26.4 Å². The fourth-order valence-corrected chi connectivity index (χ4v) is 1.36. The lowest BCUT2D eigenvalue weighted by atomic mass is 10.1. The molecule has 0 aliphatic carbocycles. The van der Waals surface area contributed by atoms with E-state index in [2.05, 4.69) is 25.1 Å². The van der Waals surface area contributed by atoms with Gasteiger partial charge in [-0.25, -0.2) is 0 Å². The van der Waals surface area contributed by atoms with Crippen LogP contribution in [0.3, 0.4) is 0 Å². The molecule has 0 heterocycles. The molecule has 0 aliphatic heterocycles. The van der Waals surface area contributed by atoms with Gasteiger partial charge >= 0.3 is 0 Å². The van der Waals surface area contributed by atoms with Gasteiger partial charge in [-0.2, -0.15) is 0 Å². The van der Waals surface area contributed by atoms with Crippen molar-refractivity contribution in [1.82, 2.24) is 0 Å². The van der Waals surface area contributed by atoms with Crippen molar-refractivity contribution in [1.29, 1.82) is 0 Å². The van der Waals surface area contributed by atoms with E-state index < -0.39 is 0 Å². The predicted octanol–water partition coefficient (Wildman–Crippen LogP) is 2.05. The van der Waals surface area contributed by atoms with Crippen LogP contribution >= 0.6 is 0 Å². The Morgan fingerprint density at radius 2 is 1.94 bits per heavy atom. The molecule has 0 spiro atoms. The lowest BCUT2D eigenvalue weighted by Crippen LogP contribution is -2.10. The van der Waals surface area contributed by atoms with Crippen LogP contribution in [-0.4, -0.2) is 26.4 Å². The van der Waals surface area contributed by atoms with Crippen molar-refractivity contribution in [2.24, 2.45) is 5.73 Å². The van der Waals surface area contributed by atoms with E-state index >= 15 is 0 Å². The lowest BCUT2D eigenvalue weighted by molar-refractivity contribution is 0.0992. The van der Waals surface area contributed by atoms with Crippen LogP contribution in [0, 0.1) is 13.8 Å². The van der Waals surface area contributed by atoms with Gasteiger partial charge in [0.05, 0.1) is 6.61 Å². The molecule has 0 saturated heterocycles. The Morgan fingerprint density at radius 1 is 1.12 bits per heavy atom. The number of hydrogen-bond donors (Lipinski definition) is 1. The van der Waals surface area contributed by atoms with Crippen molar-refractivity contribution < 1.29 is 9.47 Å². The highest BCUT2D eigenvalue weighted by molar-refractivity contribution is 5.35. The van der Waals surface area contributed by atoms with Gasteiger partial charge in [0.25, 0.3) is 0 Å². The van der Waals surface area contributed by atoms with Crippen LogP contribution in [-0.2, 0) is 4.74 Å². The molecule has 2 N–H and O–H groups in total. The summed E-state index contributed by atoms with van der Waals surface area (Å²) in [5.74, 6) is 0.947. The molecule has 3 nitrogen and oxygen atoms in total. The third-order valence-corrected chi connectivity index (χ3v) is 2.32. The largest absolute Gasteiger partial charge is 0.491 e. The number of ether oxygens (including phenoxy) is 2. The smallest absolute Gasteiger partial charge is 0.122 e. The Labute approximate surface area is 97.6 Å². The minimum atomic E-state index is 0.592. The number of benzene rings is 1. The van der Waals surface area contributed by atoms with E-state index in [4.69, 9.17) is 15.2 Å². The maximum Gasteiger partial charge on any atom is 0.122 e. The van der Waals surface area contributed by atoms with Crippen LogP contribution in [0.1, 0.15) is 17.5 Å². The molecule has 0 atom stereocenters. The quantitative estimate of drug-likeness (QED) is 0.719. The van der Waals surface area contributed by atoms with E-state index in [1.807, 2.05) is 6.92 Å². The van der Waals surface area contributed by atoms with Crippen molar-refractivity contribution in [3.8, 4) is 5.75 Å². The van der Waals surface area contributed by atoms with Crippen molar-refractivity contribution in [3.63, 3.8) is 0 Å². The summed E-state index contributed by atoms with van der Waals surface area (Å²) >= 11 is 0. The standard InChI is InChI=1S/C13H21NO2/c1-11-4-5-12(2)13(10-11)16-9-8-15-7-3-6-14/h4-5,10H,3,6-9,14H2,1-2H3. The molecule has 0 bridgehead atoms. The minimum absolute atomic E-state index is 0.592. The molecule has 1 aromatic rings. The average molecular weight is 223 g/mol. The van der Waals surface area contributed by atoms with Gasteiger partial charge in [-0.05, 0) is 44.0 Å². The predicted molar refractivity (Wildman–Crippen MR) is 65.9 cm³/mol. The van der Waals surface area contributed by atoms with Crippen molar-refractivity contribution in [2.45, 2.75) is 20.3 Å². The molecular formula is C13H21NO2. The van der Waals surface area contributed by atoms with Crippen LogP contribution in [0.4, 0.5) is 0 Å². The SMILES string of the molecule is Cc1ccc(C)c(OCCOCCCN)c1. The van der Waals surface area contributed by atoms with Gasteiger partial charge in [-0.1, -0.05) is 12.1 Å². The van der Waals surface area contributed by atoms with Crippen LogP contribution in [0.15, 0.2) is 18.2 Å². The van der Waals surface area contributed by atoms with Crippen LogP contribution in [0.25, 0.3) is 0 Å². The minimum Gasteiger partial charge on any atom is -0.491 e. The Balaban J connectivity index is 2.23. The highest BCUT2D eigenvalue weighted by Gasteiger charge is 1.99. The molecule has 0 aliphatic rings. The van der Waals surface area contributed by atoms with Gasteiger partial charge < -0.3 is 15.2 Å². The summed E-state index contributed by atoms with van der Waals surface area (Å²) in [6.45, 7) is 6.71. The molecule has 90 valence electrons. The first kappa shape index (κ1) is 13.0. The Bertz CT molecular complexity index is 313. The van der Waals surface area contributed by atoms with Crippen molar-refractivity contribution >= 4 is 0 Å². The Kier molecular flexibility index (Phi) is 5.90. The van der Waals surface area contributed by atoms with Crippen molar-refractivity contribution in [3.05, 3.63) is 29.3 Å². The van der Waals surface area contributed by atoms with Crippen LogP contribution < -0.4 is 10.5 Å². The van der Waals surface area contributed by atoms with Gasteiger partial charge in [0.2, 0.25) is 0 Å². The topological polar surface area (TPSA) is 44.5 Å². The average Bonchev–Trinajstić information content (AvgIpc) is 2.28. The second-order valence-electron chi connectivity index (χ2n) is 3.87. The zero-order valence-electron chi connectivity index (χ0n) is 10.2. The summed E-state index contributed by atoms with van der Waals surface area (Å²) in [5.41, 5.74) is 7.73. The maximum atomic E-state index is 5.64. The van der Waals surface area contributed by atoms with Gasteiger partial charge in [0, 0.05) is 6.61 Å². The van der Waals surface area contributed by atoms with E-state index in [9.17, 15) is 0 Å². The summed E-state index contributed by atoms with van der Waals surface area (Å²) in [6, 6.07) is 6.20. The normalized spacial score (nSPS) is 10.4. The van der Waals surface area contributed by atoms with E-state index in [1.165, 1.54) is 5.56 Å². The first-order valence-corrected chi connectivity index (χ1v) is 5.72.